The summed E-state index contributed by atoms with van der Waals surface area (Å²) in [5.74, 6) is 0.155. The molecular formula is C25H25F3N4O3. The first-order valence-electron chi connectivity index (χ1n) is 11.2. The maximum Gasteiger partial charge on any atom is 0.411 e. The maximum atomic E-state index is 12.9. The van der Waals surface area contributed by atoms with Crippen molar-refractivity contribution in [3.63, 3.8) is 0 Å². The minimum absolute atomic E-state index is 0.0918. The lowest BCUT2D eigenvalue weighted by Gasteiger charge is -2.19. The van der Waals surface area contributed by atoms with Crippen LogP contribution in [0, 0.1) is 0 Å². The average molecular weight is 486 g/mol. The highest BCUT2D eigenvalue weighted by Gasteiger charge is 2.27. The predicted molar refractivity (Wildman–Crippen MR) is 122 cm³/mol. The van der Waals surface area contributed by atoms with Crippen LogP contribution in [-0.4, -0.2) is 46.8 Å². The first-order chi connectivity index (χ1) is 16.8. The lowest BCUT2D eigenvalue weighted by molar-refractivity contribution is -0.176. The van der Waals surface area contributed by atoms with Gasteiger partial charge in [0.15, 0.2) is 0 Å². The van der Waals surface area contributed by atoms with Crippen LogP contribution in [-0.2, 0) is 24.2 Å². The summed E-state index contributed by atoms with van der Waals surface area (Å²) in [4.78, 5) is 25.7. The number of aryl methyl sites for hydroxylation is 1. The molecule has 0 aliphatic heterocycles. The van der Waals surface area contributed by atoms with Crippen LogP contribution in [0.5, 0.6) is 5.88 Å². The molecule has 184 valence electrons. The molecule has 1 amide bonds. The number of hydrogen-bond donors (Lipinski definition) is 1. The Morgan fingerprint density at radius 1 is 1.11 bits per heavy atom. The molecular weight excluding hydrogens is 461 g/mol. The Hall–Kier alpha value is -3.53. The van der Waals surface area contributed by atoms with E-state index in [0.717, 1.165) is 36.1 Å². The second kappa shape index (κ2) is 10.8. The number of benzene rings is 1. The summed E-state index contributed by atoms with van der Waals surface area (Å²) >= 11 is 0. The number of fused-ring (bicyclic) bond motifs is 1. The summed E-state index contributed by atoms with van der Waals surface area (Å²) in [6.45, 7) is -1.62. The second-order valence-corrected chi connectivity index (χ2v) is 8.30. The van der Waals surface area contributed by atoms with Gasteiger partial charge in [0.05, 0.1) is 43.1 Å². The fourth-order valence-electron chi connectivity index (χ4n) is 4.11. The van der Waals surface area contributed by atoms with Gasteiger partial charge in [-0.3, -0.25) is 9.78 Å². The molecule has 1 N–H and O–H groups in total. The standard InChI is InChI=1S/C25H25F3N4O3/c1-34-23-13-30-22(12-31-23)20-7-3-5-16-4-2-6-18(10-21(16)20)32-24(33)17-8-9-19(29-11-17)14-35-15-25(26,27)28/h3,5,7-9,11-13,18H,2,4,6,10,14-15H2,1H3,(H,32,33). The minimum Gasteiger partial charge on any atom is -0.480 e. The van der Waals surface area contributed by atoms with Crippen molar-refractivity contribution >= 4 is 5.91 Å². The van der Waals surface area contributed by atoms with Gasteiger partial charge >= 0.3 is 6.18 Å². The third kappa shape index (κ3) is 6.54. The Morgan fingerprint density at radius 2 is 1.97 bits per heavy atom. The van der Waals surface area contributed by atoms with E-state index in [-0.39, 0.29) is 18.6 Å². The SMILES string of the molecule is COc1cnc(-c2cccc3c2CC(NC(=O)c2ccc(COCC(F)(F)F)nc2)CCC3)cn1. The van der Waals surface area contributed by atoms with Gasteiger partial charge in [0, 0.05) is 17.8 Å². The van der Waals surface area contributed by atoms with Crippen LogP contribution >= 0.6 is 0 Å². The fourth-order valence-corrected chi connectivity index (χ4v) is 4.11. The zero-order valence-corrected chi connectivity index (χ0v) is 19.1. The van der Waals surface area contributed by atoms with E-state index < -0.39 is 12.8 Å². The molecule has 1 aliphatic carbocycles. The van der Waals surface area contributed by atoms with Crippen molar-refractivity contribution in [3.05, 3.63) is 71.3 Å². The number of nitrogens with zero attached hydrogens (tertiary/aromatic N) is 3. The third-order valence-electron chi connectivity index (χ3n) is 5.77. The van der Waals surface area contributed by atoms with Crippen LogP contribution in [0.1, 0.15) is 40.0 Å². The van der Waals surface area contributed by atoms with Crippen LogP contribution in [0.25, 0.3) is 11.3 Å². The normalized spacial score (nSPS) is 15.7. The fraction of sp³-hybridized carbons (Fsp3) is 0.360. The van der Waals surface area contributed by atoms with Crippen molar-refractivity contribution in [3.8, 4) is 17.1 Å². The molecule has 10 heteroatoms. The molecule has 1 atom stereocenters. The van der Waals surface area contributed by atoms with E-state index in [4.69, 9.17) is 4.74 Å². The molecule has 1 unspecified atom stereocenters. The van der Waals surface area contributed by atoms with Crippen LogP contribution in [0.15, 0.2) is 48.9 Å². The van der Waals surface area contributed by atoms with Crippen molar-refractivity contribution in [2.24, 2.45) is 0 Å². The van der Waals surface area contributed by atoms with Crippen LogP contribution in [0.2, 0.25) is 0 Å². The monoisotopic (exact) mass is 486 g/mol. The zero-order valence-electron chi connectivity index (χ0n) is 19.1. The van der Waals surface area contributed by atoms with Gasteiger partial charge in [-0.1, -0.05) is 18.2 Å². The van der Waals surface area contributed by atoms with Crippen LogP contribution in [0.4, 0.5) is 13.2 Å². The second-order valence-electron chi connectivity index (χ2n) is 8.30. The Balaban J connectivity index is 1.44. The highest BCUT2D eigenvalue weighted by atomic mass is 19.4. The highest BCUT2D eigenvalue weighted by molar-refractivity contribution is 5.94. The number of pyridine rings is 1. The first kappa shape index (κ1) is 24.6. The van der Waals surface area contributed by atoms with Crippen molar-refractivity contribution in [2.75, 3.05) is 13.7 Å². The Kier molecular flexibility index (Phi) is 7.60. The number of aromatic nitrogens is 3. The number of hydrogen-bond acceptors (Lipinski definition) is 6. The topological polar surface area (TPSA) is 86.2 Å². The number of methoxy groups -OCH3 is 1. The van der Waals surface area contributed by atoms with E-state index in [1.807, 2.05) is 12.1 Å². The number of halogens is 3. The van der Waals surface area contributed by atoms with E-state index in [9.17, 15) is 18.0 Å². The van der Waals surface area contributed by atoms with Crippen LogP contribution in [0.3, 0.4) is 0 Å². The maximum absolute atomic E-state index is 12.9. The molecule has 0 radical (unpaired) electrons. The molecule has 2 aromatic heterocycles. The number of amides is 1. The number of carbonyl (C=O) groups is 1. The van der Waals surface area contributed by atoms with Gasteiger partial charge in [-0.25, -0.2) is 9.97 Å². The number of alkyl halides is 3. The molecule has 0 fully saturated rings. The highest BCUT2D eigenvalue weighted by Crippen LogP contribution is 2.30. The van der Waals surface area contributed by atoms with Gasteiger partial charge in [0.2, 0.25) is 5.88 Å². The minimum atomic E-state index is -4.39. The summed E-state index contributed by atoms with van der Waals surface area (Å²) in [5, 5.41) is 3.08. The summed E-state index contributed by atoms with van der Waals surface area (Å²) in [7, 11) is 1.54. The van der Waals surface area contributed by atoms with Crippen molar-refractivity contribution < 1.29 is 27.4 Å². The molecule has 7 nitrogen and oxygen atoms in total. The van der Waals surface area contributed by atoms with E-state index in [1.165, 1.54) is 31.0 Å². The Morgan fingerprint density at radius 3 is 2.66 bits per heavy atom. The molecule has 35 heavy (non-hydrogen) atoms. The van der Waals surface area contributed by atoms with Crippen molar-refractivity contribution in [1.29, 1.82) is 0 Å². The number of nitrogens with one attached hydrogen (secondary N) is 1. The molecule has 4 rings (SSSR count). The van der Waals surface area contributed by atoms with Gasteiger partial charge in [-0.15, -0.1) is 0 Å². The molecule has 2 heterocycles. The van der Waals surface area contributed by atoms with E-state index >= 15 is 0 Å². The summed E-state index contributed by atoms with van der Waals surface area (Å²) in [6.07, 6.45) is 3.49. The predicted octanol–water partition coefficient (Wildman–Crippen LogP) is 4.30. The number of carbonyl (C=O) groups excluding carboxylic acids is 1. The number of rotatable bonds is 7. The first-order valence-corrected chi connectivity index (χ1v) is 11.2. The summed E-state index contributed by atoms with van der Waals surface area (Å²) in [5.41, 5.74) is 4.72. The Labute approximate surface area is 200 Å². The van der Waals surface area contributed by atoms with Gasteiger partial charge in [-0.2, -0.15) is 13.2 Å². The van der Waals surface area contributed by atoms with Gasteiger partial charge in [-0.05, 0) is 48.9 Å². The molecule has 0 saturated carbocycles. The molecule has 3 aromatic rings. The van der Waals surface area contributed by atoms with Crippen molar-refractivity contribution in [1.82, 2.24) is 20.3 Å². The molecule has 1 aliphatic rings. The smallest absolute Gasteiger partial charge is 0.411 e. The summed E-state index contributed by atoms with van der Waals surface area (Å²) in [6, 6.07) is 9.05. The van der Waals surface area contributed by atoms with E-state index in [1.54, 1.807) is 12.4 Å². The van der Waals surface area contributed by atoms with Gasteiger partial charge in [0.1, 0.15) is 6.61 Å². The third-order valence-corrected chi connectivity index (χ3v) is 5.77. The van der Waals surface area contributed by atoms with Crippen LogP contribution < -0.4 is 10.1 Å². The van der Waals surface area contributed by atoms with Gasteiger partial charge in [0.25, 0.3) is 5.91 Å². The zero-order chi connectivity index (χ0) is 24.8. The molecule has 0 spiro atoms. The largest absolute Gasteiger partial charge is 0.480 e. The lowest BCUT2D eigenvalue weighted by Crippen LogP contribution is -2.36. The quantitative estimate of drug-likeness (QED) is 0.501. The van der Waals surface area contributed by atoms with Gasteiger partial charge < -0.3 is 14.8 Å². The molecule has 0 saturated heterocycles. The van der Waals surface area contributed by atoms with Crippen molar-refractivity contribution in [2.45, 2.75) is 44.5 Å². The lowest BCUT2D eigenvalue weighted by atomic mass is 9.94. The number of ether oxygens (including phenoxy) is 2. The average Bonchev–Trinajstić information content (AvgIpc) is 3.05. The van der Waals surface area contributed by atoms with E-state index in [2.05, 4.69) is 31.1 Å². The molecule has 0 bridgehead atoms. The van der Waals surface area contributed by atoms with E-state index in [0.29, 0.717) is 23.6 Å². The summed E-state index contributed by atoms with van der Waals surface area (Å²) < 4.78 is 46.4. The molecule has 1 aromatic carbocycles. The Bertz CT molecular complexity index is 1150.